The van der Waals surface area contributed by atoms with Gasteiger partial charge in [0, 0.05) is 12.6 Å². The summed E-state index contributed by atoms with van der Waals surface area (Å²) in [6.45, 7) is 3.66. The largest absolute Gasteiger partial charge is 0.368 e. The SMILES string of the molecule is CC1CCOC1c1nc(CNC2CC2)no1. The van der Waals surface area contributed by atoms with Crippen molar-refractivity contribution in [3.63, 3.8) is 0 Å². The van der Waals surface area contributed by atoms with Crippen molar-refractivity contribution in [1.29, 1.82) is 0 Å². The Morgan fingerprint density at radius 2 is 2.25 bits per heavy atom. The number of aromatic nitrogens is 2. The first kappa shape index (κ1) is 10.2. The zero-order valence-corrected chi connectivity index (χ0v) is 9.48. The van der Waals surface area contributed by atoms with Gasteiger partial charge in [0.1, 0.15) is 6.10 Å². The first-order valence-electron chi connectivity index (χ1n) is 6.00. The molecule has 2 heterocycles. The molecule has 0 amide bonds. The molecule has 1 aliphatic carbocycles. The Bertz CT molecular complexity index is 362. The highest BCUT2D eigenvalue weighted by Crippen LogP contribution is 2.32. The van der Waals surface area contributed by atoms with E-state index in [0.717, 1.165) is 18.9 Å². The molecule has 0 spiro atoms. The Morgan fingerprint density at radius 3 is 2.94 bits per heavy atom. The Balaban J connectivity index is 1.62. The van der Waals surface area contributed by atoms with Gasteiger partial charge in [-0.15, -0.1) is 0 Å². The summed E-state index contributed by atoms with van der Waals surface area (Å²) in [7, 11) is 0. The highest BCUT2D eigenvalue weighted by Gasteiger charge is 2.31. The van der Waals surface area contributed by atoms with E-state index in [4.69, 9.17) is 9.26 Å². The minimum absolute atomic E-state index is 0.00201. The summed E-state index contributed by atoms with van der Waals surface area (Å²) in [4.78, 5) is 4.38. The lowest BCUT2D eigenvalue weighted by Gasteiger charge is -2.07. The van der Waals surface area contributed by atoms with Gasteiger partial charge in [0.25, 0.3) is 5.89 Å². The molecule has 2 fully saturated rings. The molecule has 1 aromatic heterocycles. The van der Waals surface area contributed by atoms with Crippen LogP contribution in [0.1, 0.15) is 44.0 Å². The Hall–Kier alpha value is -0.940. The smallest absolute Gasteiger partial charge is 0.256 e. The van der Waals surface area contributed by atoms with Crippen LogP contribution in [-0.2, 0) is 11.3 Å². The van der Waals surface area contributed by atoms with E-state index in [2.05, 4.69) is 22.4 Å². The number of nitrogens with zero attached hydrogens (tertiary/aromatic N) is 2. The third kappa shape index (κ3) is 2.10. The molecule has 1 saturated heterocycles. The number of hydrogen-bond donors (Lipinski definition) is 1. The molecule has 5 heteroatoms. The van der Waals surface area contributed by atoms with E-state index in [1.165, 1.54) is 12.8 Å². The van der Waals surface area contributed by atoms with E-state index in [1.807, 2.05) is 0 Å². The van der Waals surface area contributed by atoms with E-state index in [-0.39, 0.29) is 6.10 Å². The van der Waals surface area contributed by atoms with Crippen molar-refractivity contribution in [3.05, 3.63) is 11.7 Å². The number of ether oxygens (including phenoxy) is 1. The first-order valence-corrected chi connectivity index (χ1v) is 6.00. The fraction of sp³-hybridized carbons (Fsp3) is 0.818. The highest BCUT2D eigenvalue weighted by molar-refractivity contribution is 4.95. The van der Waals surface area contributed by atoms with Gasteiger partial charge < -0.3 is 14.6 Å². The topological polar surface area (TPSA) is 60.2 Å². The van der Waals surface area contributed by atoms with Gasteiger partial charge in [-0.2, -0.15) is 4.98 Å². The van der Waals surface area contributed by atoms with E-state index in [1.54, 1.807) is 0 Å². The van der Waals surface area contributed by atoms with Crippen molar-refractivity contribution in [2.45, 2.75) is 44.9 Å². The molecular formula is C11H17N3O2. The maximum absolute atomic E-state index is 5.59. The summed E-state index contributed by atoms with van der Waals surface area (Å²) < 4.78 is 10.8. The van der Waals surface area contributed by atoms with Crippen LogP contribution in [0.2, 0.25) is 0 Å². The summed E-state index contributed by atoms with van der Waals surface area (Å²) in [5.41, 5.74) is 0. The summed E-state index contributed by atoms with van der Waals surface area (Å²) in [6, 6.07) is 0.670. The average molecular weight is 223 g/mol. The lowest BCUT2D eigenvalue weighted by Crippen LogP contribution is -2.16. The second-order valence-corrected chi connectivity index (χ2v) is 4.76. The fourth-order valence-electron chi connectivity index (χ4n) is 1.99. The van der Waals surface area contributed by atoms with Gasteiger partial charge in [0.15, 0.2) is 5.82 Å². The van der Waals surface area contributed by atoms with Crippen molar-refractivity contribution in [2.24, 2.45) is 5.92 Å². The number of hydrogen-bond acceptors (Lipinski definition) is 5. The van der Waals surface area contributed by atoms with Crippen LogP contribution in [0.5, 0.6) is 0 Å². The Labute approximate surface area is 94.6 Å². The third-order valence-corrected chi connectivity index (χ3v) is 3.24. The van der Waals surface area contributed by atoms with Gasteiger partial charge in [-0.3, -0.25) is 0 Å². The predicted molar refractivity (Wildman–Crippen MR) is 56.6 cm³/mol. The summed E-state index contributed by atoms with van der Waals surface area (Å²) in [6.07, 6.45) is 3.62. The molecule has 2 atom stereocenters. The van der Waals surface area contributed by atoms with Gasteiger partial charge in [-0.05, 0) is 25.2 Å². The molecule has 1 aromatic rings. The molecule has 2 unspecified atom stereocenters. The normalized spacial score (nSPS) is 29.8. The molecule has 0 aromatic carbocycles. The summed E-state index contributed by atoms with van der Waals surface area (Å²) >= 11 is 0. The molecule has 3 rings (SSSR count). The van der Waals surface area contributed by atoms with Crippen molar-refractivity contribution < 1.29 is 9.26 Å². The molecule has 1 saturated carbocycles. The second-order valence-electron chi connectivity index (χ2n) is 4.76. The van der Waals surface area contributed by atoms with Gasteiger partial charge in [-0.1, -0.05) is 12.1 Å². The van der Waals surface area contributed by atoms with Gasteiger partial charge >= 0.3 is 0 Å². The molecule has 0 bridgehead atoms. The Morgan fingerprint density at radius 1 is 1.38 bits per heavy atom. The number of nitrogens with one attached hydrogen (secondary N) is 1. The number of rotatable bonds is 4. The zero-order chi connectivity index (χ0) is 11.0. The van der Waals surface area contributed by atoms with Crippen LogP contribution in [0.4, 0.5) is 0 Å². The molecule has 1 aliphatic heterocycles. The van der Waals surface area contributed by atoms with E-state index < -0.39 is 0 Å². The molecule has 5 nitrogen and oxygen atoms in total. The first-order chi connectivity index (χ1) is 7.83. The van der Waals surface area contributed by atoms with Crippen LogP contribution < -0.4 is 5.32 Å². The fourth-order valence-corrected chi connectivity index (χ4v) is 1.99. The van der Waals surface area contributed by atoms with Crippen LogP contribution in [0.15, 0.2) is 4.52 Å². The lowest BCUT2D eigenvalue weighted by atomic mass is 10.0. The van der Waals surface area contributed by atoms with E-state index in [0.29, 0.717) is 24.4 Å². The molecular weight excluding hydrogens is 206 g/mol. The summed E-state index contributed by atoms with van der Waals surface area (Å²) in [5.74, 6) is 1.85. The maximum atomic E-state index is 5.59. The monoisotopic (exact) mass is 223 g/mol. The highest BCUT2D eigenvalue weighted by atomic mass is 16.5. The molecule has 1 N–H and O–H groups in total. The minimum Gasteiger partial charge on any atom is -0.368 e. The van der Waals surface area contributed by atoms with Crippen molar-refractivity contribution in [1.82, 2.24) is 15.5 Å². The van der Waals surface area contributed by atoms with Crippen LogP contribution in [0.3, 0.4) is 0 Å². The maximum Gasteiger partial charge on any atom is 0.256 e. The van der Waals surface area contributed by atoms with Crippen LogP contribution in [0, 0.1) is 5.92 Å². The van der Waals surface area contributed by atoms with E-state index >= 15 is 0 Å². The molecule has 2 aliphatic rings. The van der Waals surface area contributed by atoms with Crippen LogP contribution in [-0.4, -0.2) is 22.8 Å². The minimum atomic E-state index is 0.00201. The van der Waals surface area contributed by atoms with Crippen LogP contribution in [0.25, 0.3) is 0 Å². The average Bonchev–Trinajstić information content (AvgIpc) is 2.82. The molecule has 88 valence electrons. The zero-order valence-electron chi connectivity index (χ0n) is 9.48. The predicted octanol–water partition coefficient (Wildman–Crippen LogP) is 1.42. The Kier molecular flexibility index (Phi) is 2.65. The lowest BCUT2D eigenvalue weighted by molar-refractivity contribution is 0.0661. The van der Waals surface area contributed by atoms with Gasteiger partial charge in [0.2, 0.25) is 0 Å². The van der Waals surface area contributed by atoms with Crippen LogP contribution >= 0.6 is 0 Å². The van der Waals surface area contributed by atoms with Gasteiger partial charge in [-0.25, -0.2) is 0 Å². The molecule has 0 radical (unpaired) electrons. The van der Waals surface area contributed by atoms with Crippen molar-refractivity contribution in [2.75, 3.05) is 6.61 Å². The second kappa shape index (κ2) is 4.14. The van der Waals surface area contributed by atoms with Gasteiger partial charge in [0.05, 0.1) is 6.54 Å². The standard InChI is InChI=1S/C11H17N3O2/c1-7-4-5-15-10(7)11-13-9(14-16-11)6-12-8-2-3-8/h7-8,10,12H,2-6H2,1H3. The third-order valence-electron chi connectivity index (χ3n) is 3.24. The quantitative estimate of drug-likeness (QED) is 0.836. The van der Waals surface area contributed by atoms with Crippen molar-refractivity contribution >= 4 is 0 Å². The summed E-state index contributed by atoms with van der Waals surface area (Å²) in [5, 5.41) is 7.33. The molecule has 16 heavy (non-hydrogen) atoms. The van der Waals surface area contributed by atoms with Crippen molar-refractivity contribution in [3.8, 4) is 0 Å². The van der Waals surface area contributed by atoms with E-state index in [9.17, 15) is 0 Å².